The molecular weight excluding hydrogens is 264 g/mol. The third-order valence-corrected chi connectivity index (χ3v) is 4.01. The van der Waals surface area contributed by atoms with Crippen LogP contribution >= 0.6 is 11.3 Å². The lowest BCUT2D eigenvalue weighted by molar-refractivity contribution is -0.155. The Labute approximate surface area is 115 Å². The van der Waals surface area contributed by atoms with Crippen LogP contribution in [0.25, 0.3) is 0 Å². The van der Waals surface area contributed by atoms with Crippen LogP contribution in [0.2, 0.25) is 0 Å². The predicted molar refractivity (Wildman–Crippen MR) is 70.9 cm³/mol. The van der Waals surface area contributed by atoms with Gasteiger partial charge in [0.15, 0.2) is 6.10 Å². The Hall–Kier alpha value is -1.69. The molecular formula is C13H16N2O3S. The zero-order valence-corrected chi connectivity index (χ0v) is 12.2. The first-order chi connectivity index (χ1) is 8.91. The summed E-state index contributed by atoms with van der Waals surface area (Å²) < 4.78 is 10.7. The average Bonchev–Trinajstić information content (AvgIpc) is 2.99. The number of hydrogen-bond acceptors (Lipinski definition) is 6. The van der Waals surface area contributed by atoms with Crippen LogP contribution in [0.4, 0.5) is 0 Å². The summed E-state index contributed by atoms with van der Waals surface area (Å²) in [7, 11) is 0. The molecule has 0 spiro atoms. The molecule has 2 heterocycles. The van der Waals surface area contributed by atoms with Crippen LogP contribution in [0.5, 0.6) is 0 Å². The monoisotopic (exact) mass is 280 g/mol. The van der Waals surface area contributed by atoms with Crippen molar-refractivity contribution in [3.8, 4) is 0 Å². The molecule has 1 atom stereocenters. The summed E-state index contributed by atoms with van der Waals surface area (Å²) in [6.45, 7) is 7.09. The maximum atomic E-state index is 12.2. The largest absolute Gasteiger partial charge is 0.452 e. The van der Waals surface area contributed by atoms with Crippen molar-refractivity contribution in [1.29, 1.82) is 0 Å². The second-order valence-electron chi connectivity index (χ2n) is 4.81. The molecule has 0 saturated carbocycles. The summed E-state index contributed by atoms with van der Waals surface area (Å²) in [6, 6.07) is 3.84. The van der Waals surface area contributed by atoms with Crippen molar-refractivity contribution in [2.75, 3.05) is 0 Å². The normalized spacial score (nSPS) is 13.3. The molecule has 0 amide bonds. The molecule has 0 aromatic carbocycles. The maximum absolute atomic E-state index is 12.2. The molecule has 0 aliphatic carbocycles. The summed E-state index contributed by atoms with van der Waals surface area (Å²) >= 11 is 1.53. The minimum atomic E-state index is -0.683. The van der Waals surface area contributed by atoms with Crippen LogP contribution in [0.1, 0.15) is 43.5 Å². The van der Waals surface area contributed by atoms with E-state index in [-0.39, 0.29) is 5.97 Å². The summed E-state index contributed by atoms with van der Waals surface area (Å²) in [4.78, 5) is 13.2. The number of hydrogen-bond donors (Lipinski definition) is 0. The van der Waals surface area contributed by atoms with E-state index in [4.69, 9.17) is 9.15 Å². The highest BCUT2D eigenvalue weighted by Crippen LogP contribution is 2.30. The van der Waals surface area contributed by atoms with Crippen LogP contribution in [-0.4, -0.2) is 16.2 Å². The van der Waals surface area contributed by atoms with Gasteiger partial charge in [0.1, 0.15) is 0 Å². The Kier molecular flexibility index (Phi) is 3.71. The van der Waals surface area contributed by atoms with Crippen molar-refractivity contribution < 1.29 is 13.9 Å². The first-order valence-electron chi connectivity index (χ1n) is 5.96. The third kappa shape index (κ3) is 2.84. The van der Waals surface area contributed by atoms with Gasteiger partial charge in [0.2, 0.25) is 5.89 Å². The number of thiophene rings is 1. The number of ether oxygens (including phenoxy) is 1. The molecule has 0 N–H and O–H groups in total. The second-order valence-corrected chi connectivity index (χ2v) is 5.76. The smallest absolute Gasteiger partial charge is 0.317 e. The number of nitrogens with zero attached hydrogens (tertiary/aromatic N) is 2. The van der Waals surface area contributed by atoms with Gasteiger partial charge in [0.25, 0.3) is 5.89 Å². The van der Waals surface area contributed by atoms with Crippen LogP contribution in [0.15, 0.2) is 21.9 Å². The van der Waals surface area contributed by atoms with Crippen molar-refractivity contribution in [3.63, 3.8) is 0 Å². The van der Waals surface area contributed by atoms with Gasteiger partial charge in [-0.25, -0.2) is 0 Å². The molecule has 0 saturated heterocycles. The van der Waals surface area contributed by atoms with E-state index in [2.05, 4.69) is 10.2 Å². The lowest BCUT2D eigenvalue weighted by Crippen LogP contribution is -2.31. The van der Waals surface area contributed by atoms with E-state index >= 15 is 0 Å². The van der Waals surface area contributed by atoms with Crippen molar-refractivity contribution in [2.24, 2.45) is 0 Å². The van der Waals surface area contributed by atoms with Crippen LogP contribution in [0.3, 0.4) is 0 Å². The molecule has 0 radical (unpaired) electrons. The molecule has 2 rings (SSSR count). The minimum absolute atomic E-state index is 0.307. The molecule has 2 aromatic rings. The van der Waals surface area contributed by atoms with E-state index in [1.54, 1.807) is 13.8 Å². The molecule has 0 unspecified atom stereocenters. The van der Waals surface area contributed by atoms with Crippen LogP contribution in [-0.2, 0) is 14.9 Å². The molecule has 102 valence electrons. The average molecular weight is 280 g/mol. The Morgan fingerprint density at radius 3 is 2.74 bits per heavy atom. The van der Waals surface area contributed by atoms with Crippen molar-refractivity contribution >= 4 is 17.3 Å². The molecule has 5 nitrogen and oxygen atoms in total. The fraction of sp³-hybridized carbons (Fsp3) is 0.462. The number of esters is 1. The highest BCUT2D eigenvalue weighted by molar-refractivity contribution is 7.10. The Morgan fingerprint density at radius 2 is 2.21 bits per heavy atom. The summed E-state index contributed by atoms with van der Waals surface area (Å²) in [5.41, 5.74) is -0.683. The van der Waals surface area contributed by atoms with Crippen molar-refractivity contribution in [2.45, 2.75) is 39.2 Å². The van der Waals surface area contributed by atoms with E-state index in [1.807, 2.05) is 31.4 Å². The molecule has 2 aromatic heterocycles. The van der Waals surface area contributed by atoms with E-state index < -0.39 is 11.5 Å². The molecule has 6 heteroatoms. The van der Waals surface area contributed by atoms with Crippen molar-refractivity contribution in [1.82, 2.24) is 10.2 Å². The lowest BCUT2D eigenvalue weighted by Gasteiger charge is -2.22. The van der Waals surface area contributed by atoms with Gasteiger partial charge in [0, 0.05) is 11.8 Å². The van der Waals surface area contributed by atoms with E-state index in [0.29, 0.717) is 11.8 Å². The number of rotatable bonds is 4. The van der Waals surface area contributed by atoms with Gasteiger partial charge < -0.3 is 9.15 Å². The summed E-state index contributed by atoms with van der Waals surface area (Å²) in [5, 5.41) is 9.51. The Balaban J connectivity index is 2.09. The minimum Gasteiger partial charge on any atom is -0.452 e. The predicted octanol–water partition coefficient (Wildman–Crippen LogP) is 3.02. The van der Waals surface area contributed by atoms with Crippen LogP contribution < -0.4 is 0 Å². The number of aromatic nitrogens is 2. The lowest BCUT2D eigenvalue weighted by atomic mass is 9.92. The zero-order valence-electron chi connectivity index (χ0n) is 11.3. The topological polar surface area (TPSA) is 65.2 Å². The van der Waals surface area contributed by atoms with Gasteiger partial charge in [0.05, 0.1) is 5.41 Å². The van der Waals surface area contributed by atoms with Crippen LogP contribution in [0, 0.1) is 6.92 Å². The van der Waals surface area contributed by atoms with Crippen molar-refractivity contribution in [3.05, 3.63) is 34.2 Å². The number of carbonyl (C=O) groups excluding carboxylic acids is 1. The Bertz CT molecular complexity index is 560. The van der Waals surface area contributed by atoms with E-state index in [0.717, 1.165) is 4.88 Å². The standard InChI is InChI=1S/C13H16N2O3S/c1-8(11-15-14-9(2)18-11)17-12(16)13(3,4)10-6-5-7-19-10/h5-8H,1-4H3/t8-/m0/s1. The summed E-state index contributed by atoms with van der Waals surface area (Å²) in [6.07, 6.45) is -0.548. The van der Waals surface area contributed by atoms with Gasteiger partial charge in [-0.1, -0.05) is 6.07 Å². The van der Waals surface area contributed by atoms with Gasteiger partial charge >= 0.3 is 5.97 Å². The molecule has 0 bridgehead atoms. The Morgan fingerprint density at radius 1 is 1.47 bits per heavy atom. The molecule has 0 aliphatic heterocycles. The first-order valence-corrected chi connectivity index (χ1v) is 6.84. The molecule has 0 fully saturated rings. The SMILES string of the molecule is Cc1nnc([C@H](C)OC(=O)C(C)(C)c2cccs2)o1. The van der Waals surface area contributed by atoms with E-state index in [9.17, 15) is 4.79 Å². The maximum Gasteiger partial charge on any atom is 0.317 e. The highest BCUT2D eigenvalue weighted by atomic mass is 32.1. The zero-order chi connectivity index (χ0) is 14.0. The fourth-order valence-electron chi connectivity index (χ4n) is 1.57. The number of aryl methyl sites for hydroxylation is 1. The van der Waals surface area contributed by atoms with Gasteiger partial charge in [-0.2, -0.15) is 0 Å². The highest BCUT2D eigenvalue weighted by Gasteiger charge is 2.34. The second kappa shape index (κ2) is 5.13. The molecule has 0 aliphatic rings. The molecule has 19 heavy (non-hydrogen) atoms. The number of carbonyl (C=O) groups is 1. The van der Waals surface area contributed by atoms with Gasteiger partial charge in [-0.3, -0.25) is 4.79 Å². The van der Waals surface area contributed by atoms with E-state index in [1.165, 1.54) is 11.3 Å². The van der Waals surface area contributed by atoms with Gasteiger partial charge in [-0.05, 0) is 32.2 Å². The first kappa shape index (κ1) is 13.7. The quantitative estimate of drug-likeness (QED) is 0.805. The summed E-state index contributed by atoms with van der Waals surface area (Å²) in [5.74, 6) is 0.460. The third-order valence-electron chi connectivity index (χ3n) is 2.82. The fourth-order valence-corrected chi connectivity index (χ4v) is 2.41. The van der Waals surface area contributed by atoms with Gasteiger partial charge in [-0.15, -0.1) is 21.5 Å².